The zero-order chi connectivity index (χ0) is 25.7. The Morgan fingerprint density at radius 1 is 1.11 bits per heavy atom. The third kappa shape index (κ3) is 9.00. The van der Waals surface area contributed by atoms with E-state index >= 15 is 0 Å². The van der Waals surface area contributed by atoms with Gasteiger partial charge in [0, 0.05) is 13.0 Å². The zero-order valence-corrected chi connectivity index (χ0v) is 20.0. The Bertz CT molecular complexity index is 881. The first-order valence-corrected chi connectivity index (χ1v) is 11.5. The van der Waals surface area contributed by atoms with E-state index in [0.717, 1.165) is 35.8 Å². The molecule has 1 atom stereocenters. The van der Waals surface area contributed by atoms with Gasteiger partial charge in [-0.1, -0.05) is 24.3 Å². The van der Waals surface area contributed by atoms with Crippen molar-refractivity contribution in [2.75, 3.05) is 57.6 Å². The average molecular weight is 493 g/mol. The third-order valence-corrected chi connectivity index (χ3v) is 5.39. The van der Waals surface area contributed by atoms with E-state index in [4.69, 9.17) is 40.4 Å². The van der Waals surface area contributed by atoms with Crippen LogP contribution in [0.3, 0.4) is 0 Å². The number of fused-ring (bicyclic) bond motifs is 1. The lowest BCUT2D eigenvalue weighted by Crippen LogP contribution is -2.50. The molecule has 0 saturated carbocycles. The lowest BCUT2D eigenvalue weighted by Gasteiger charge is -2.31. The SMILES string of the molecule is CCO[C@@H](Cc1ccc(OCCN2CCOc3ccccc32)cc1)C(=O)O.NC(CO)(CO)CO. The standard InChI is InChI=1S/C21H25NO5.C4H11NO3/c1-2-25-20(21(23)24)15-16-7-9-17(10-8-16)26-13-11-22-12-14-27-19-6-4-3-5-18(19)22;5-4(1-6,2-7)3-8/h3-10,20H,2,11-15H2,1H3,(H,23,24);6-8H,1-3,5H2/t20-;/m0./s1. The van der Waals surface area contributed by atoms with Crippen LogP contribution in [0, 0.1) is 0 Å². The van der Waals surface area contributed by atoms with E-state index in [1.165, 1.54) is 0 Å². The Morgan fingerprint density at radius 2 is 1.77 bits per heavy atom. The summed E-state index contributed by atoms with van der Waals surface area (Å²) in [6, 6.07) is 15.5. The number of nitrogens with two attached hydrogens (primary N) is 1. The number of hydrogen-bond acceptors (Lipinski definition) is 9. The van der Waals surface area contributed by atoms with Gasteiger partial charge in [0.1, 0.15) is 24.7 Å². The highest BCUT2D eigenvalue weighted by Gasteiger charge is 2.21. The summed E-state index contributed by atoms with van der Waals surface area (Å²) in [6.07, 6.45) is -0.475. The van der Waals surface area contributed by atoms with Gasteiger partial charge in [0.15, 0.2) is 6.10 Å². The van der Waals surface area contributed by atoms with Crippen molar-refractivity contribution in [3.8, 4) is 11.5 Å². The molecule has 0 fully saturated rings. The van der Waals surface area contributed by atoms with Gasteiger partial charge < -0.3 is 45.3 Å². The number of carboxylic acids is 1. The minimum atomic E-state index is -1.21. The second-order valence-corrected chi connectivity index (χ2v) is 8.12. The van der Waals surface area contributed by atoms with Crippen LogP contribution in [-0.2, 0) is 16.0 Å². The summed E-state index contributed by atoms with van der Waals surface area (Å²) >= 11 is 0. The van der Waals surface area contributed by atoms with Gasteiger partial charge in [-0.25, -0.2) is 4.79 Å². The number of aliphatic hydroxyl groups is 3. The van der Waals surface area contributed by atoms with E-state index in [0.29, 0.717) is 26.2 Å². The summed E-state index contributed by atoms with van der Waals surface area (Å²) < 4.78 is 16.8. The number of para-hydroxylation sites is 2. The largest absolute Gasteiger partial charge is 0.492 e. The number of ether oxygens (including phenoxy) is 3. The van der Waals surface area contributed by atoms with Gasteiger partial charge in [-0.15, -0.1) is 0 Å². The van der Waals surface area contributed by atoms with E-state index in [1.54, 1.807) is 6.92 Å². The van der Waals surface area contributed by atoms with Gasteiger partial charge in [-0.3, -0.25) is 0 Å². The molecule has 2 aromatic carbocycles. The van der Waals surface area contributed by atoms with Crippen LogP contribution in [0.4, 0.5) is 5.69 Å². The molecule has 1 aliphatic rings. The Labute approximate surface area is 205 Å². The summed E-state index contributed by atoms with van der Waals surface area (Å²) in [5, 5.41) is 34.2. The van der Waals surface area contributed by atoms with Crippen LogP contribution < -0.4 is 20.1 Å². The second-order valence-electron chi connectivity index (χ2n) is 8.12. The van der Waals surface area contributed by atoms with Crippen molar-refractivity contribution in [1.29, 1.82) is 0 Å². The van der Waals surface area contributed by atoms with E-state index < -0.39 is 37.4 Å². The van der Waals surface area contributed by atoms with Crippen molar-refractivity contribution in [2.24, 2.45) is 5.73 Å². The monoisotopic (exact) mass is 492 g/mol. The normalized spacial score (nSPS) is 13.7. The third-order valence-electron chi connectivity index (χ3n) is 5.39. The number of aliphatic hydroxyl groups excluding tert-OH is 3. The number of aliphatic carboxylic acids is 1. The van der Waals surface area contributed by atoms with Crippen molar-refractivity contribution in [2.45, 2.75) is 25.0 Å². The predicted molar refractivity (Wildman–Crippen MR) is 131 cm³/mol. The molecular formula is C25H36N2O8. The molecule has 0 bridgehead atoms. The predicted octanol–water partition coefficient (Wildman–Crippen LogP) is 0.657. The van der Waals surface area contributed by atoms with Gasteiger partial charge in [0.25, 0.3) is 0 Å². The molecule has 0 unspecified atom stereocenters. The summed E-state index contributed by atoms with van der Waals surface area (Å²) in [7, 11) is 0. The summed E-state index contributed by atoms with van der Waals surface area (Å²) in [5.41, 5.74) is 5.94. The van der Waals surface area contributed by atoms with Crippen molar-refractivity contribution < 1.29 is 39.4 Å². The molecule has 1 aliphatic heterocycles. The van der Waals surface area contributed by atoms with Crippen molar-refractivity contribution in [3.05, 3.63) is 54.1 Å². The molecule has 0 amide bonds. The fraction of sp³-hybridized carbons (Fsp3) is 0.480. The molecule has 0 spiro atoms. The highest BCUT2D eigenvalue weighted by atomic mass is 16.5. The molecule has 35 heavy (non-hydrogen) atoms. The number of carboxylic acid groups (broad SMARTS) is 1. The van der Waals surface area contributed by atoms with E-state index in [-0.39, 0.29) is 0 Å². The average Bonchev–Trinajstić information content (AvgIpc) is 2.89. The maximum absolute atomic E-state index is 11.2. The van der Waals surface area contributed by atoms with Crippen molar-refractivity contribution >= 4 is 11.7 Å². The van der Waals surface area contributed by atoms with Gasteiger partial charge in [-0.2, -0.15) is 0 Å². The van der Waals surface area contributed by atoms with Crippen LogP contribution >= 0.6 is 0 Å². The van der Waals surface area contributed by atoms with Crippen LogP contribution in [0.2, 0.25) is 0 Å². The molecule has 194 valence electrons. The highest BCUT2D eigenvalue weighted by molar-refractivity contribution is 5.72. The molecule has 3 rings (SSSR count). The first kappa shape index (κ1) is 28.3. The summed E-state index contributed by atoms with van der Waals surface area (Å²) in [5.74, 6) is 0.738. The van der Waals surface area contributed by atoms with Crippen LogP contribution in [0.15, 0.2) is 48.5 Å². The molecule has 10 heteroatoms. The van der Waals surface area contributed by atoms with Crippen LogP contribution in [0.25, 0.3) is 0 Å². The molecule has 0 aromatic heterocycles. The van der Waals surface area contributed by atoms with E-state index in [9.17, 15) is 4.79 Å². The maximum atomic E-state index is 11.2. The maximum Gasteiger partial charge on any atom is 0.333 e. The molecular weight excluding hydrogens is 456 g/mol. The lowest BCUT2D eigenvalue weighted by molar-refractivity contribution is -0.149. The number of anilines is 1. The van der Waals surface area contributed by atoms with Crippen LogP contribution in [-0.4, -0.2) is 90.8 Å². The molecule has 0 aliphatic carbocycles. The Hall–Kier alpha value is -2.89. The summed E-state index contributed by atoms with van der Waals surface area (Å²) in [4.78, 5) is 13.4. The Morgan fingerprint density at radius 3 is 2.34 bits per heavy atom. The molecule has 1 heterocycles. The summed E-state index contributed by atoms with van der Waals surface area (Å²) in [6.45, 7) is 3.81. The fourth-order valence-corrected chi connectivity index (χ4v) is 3.24. The van der Waals surface area contributed by atoms with Gasteiger partial charge in [0.2, 0.25) is 0 Å². The molecule has 6 N–H and O–H groups in total. The Balaban J connectivity index is 0.000000466. The molecule has 0 saturated heterocycles. The fourth-order valence-electron chi connectivity index (χ4n) is 3.24. The van der Waals surface area contributed by atoms with Crippen LogP contribution in [0.1, 0.15) is 12.5 Å². The smallest absolute Gasteiger partial charge is 0.333 e. The molecule has 10 nitrogen and oxygen atoms in total. The number of benzene rings is 2. The first-order valence-electron chi connectivity index (χ1n) is 11.5. The molecule has 0 radical (unpaired) electrons. The quantitative estimate of drug-likeness (QED) is 0.285. The number of nitrogens with zero attached hydrogens (tertiary/aromatic N) is 1. The van der Waals surface area contributed by atoms with Crippen molar-refractivity contribution in [1.82, 2.24) is 0 Å². The zero-order valence-electron chi connectivity index (χ0n) is 20.0. The minimum Gasteiger partial charge on any atom is -0.492 e. The van der Waals surface area contributed by atoms with Crippen LogP contribution in [0.5, 0.6) is 11.5 Å². The lowest BCUT2D eigenvalue weighted by atomic mass is 10.1. The van der Waals surface area contributed by atoms with Gasteiger partial charge in [0.05, 0.1) is 44.1 Å². The number of rotatable bonds is 12. The second kappa shape index (κ2) is 14.5. The first-order chi connectivity index (χ1) is 16.9. The Kier molecular flexibility index (Phi) is 11.7. The minimum absolute atomic E-state index is 0.341. The number of carbonyl (C=O) groups is 1. The number of hydrogen-bond donors (Lipinski definition) is 5. The van der Waals surface area contributed by atoms with Gasteiger partial charge in [-0.05, 0) is 36.8 Å². The molecule has 2 aromatic rings. The van der Waals surface area contributed by atoms with E-state index in [1.807, 2.05) is 42.5 Å². The topological polar surface area (TPSA) is 155 Å². The van der Waals surface area contributed by atoms with Gasteiger partial charge >= 0.3 is 5.97 Å². The van der Waals surface area contributed by atoms with Crippen molar-refractivity contribution in [3.63, 3.8) is 0 Å². The van der Waals surface area contributed by atoms with E-state index in [2.05, 4.69) is 11.0 Å². The highest BCUT2D eigenvalue weighted by Crippen LogP contribution is 2.30.